The van der Waals surface area contributed by atoms with Gasteiger partial charge < -0.3 is 15.5 Å². The monoisotopic (exact) mass is 222 g/mol. The van der Waals surface area contributed by atoms with Crippen LogP contribution in [0.25, 0.3) is 0 Å². The van der Waals surface area contributed by atoms with E-state index in [4.69, 9.17) is 0 Å². The minimum Gasteiger partial charge on any atom is -0.363 e. The van der Waals surface area contributed by atoms with Gasteiger partial charge in [-0.2, -0.15) is 0 Å². The average Bonchev–Trinajstić information content (AvgIpc) is 2.16. The highest BCUT2D eigenvalue weighted by molar-refractivity contribution is 5.89. The average molecular weight is 222 g/mol. The lowest BCUT2D eigenvalue weighted by Gasteiger charge is -2.12. The first kappa shape index (κ1) is 12.3. The van der Waals surface area contributed by atoms with Gasteiger partial charge in [0.25, 0.3) is 0 Å². The SMILES string of the molecule is CC(C)NC(=O)Nc1ccc(N(C)C)nc1. The first-order valence-corrected chi connectivity index (χ1v) is 5.20. The third-order valence-corrected chi connectivity index (χ3v) is 1.88. The third-order valence-electron chi connectivity index (χ3n) is 1.88. The van der Waals surface area contributed by atoms with Gasteiger partial charge in [-0.05, 0) is 26.0 Å². The number of urea groups is 1. The summed E-state index contributed by atoms with van der Waals surface area (Å²) in [6.07, 6.45) is 1.63. The third kappa shape index (κ3) is 3.76. The maximum atomic E-state index is 11.4. The Kier molecular flexibility index (Phi) is 4.10. The number of anilines is 2. The highest BCUT2D eigenvalue weighted by Gasteiger charge is 2.03. The van der Waals surface area contributed by atoms with Gasteiger partial charge in [-0.25, -0.2) is 9.78 Å². The van der Waals surface area contributed by atoms with Gasteiger partial charge in [-0.15, -0.1) is 0 Å². The van der Waals surface area contributed by atoms with Crippen LogP contribution < -0.4 is 15.5 Å². The molecule has 0 radical (unpaired) electrons. The molecule has 1 heterocycles. The fraction of sp³-hybridized carbons (Fsp3) is 0.455. The number of aromatic nitrogens is 1. The van der Waals surface area contributed by atoms with E-state index < -0.39 is 0 Å². The van der Waals surface area contributed by atoms with Crippen LogP contribution in [0.15, 0.2) is 18.3 Å². The van der Waals surface area contributed by atoms with E-state index in [1.165, 1.54) is 0 Å². The molecule has 5 nitrogen and oxygen atoms in total. The lowest BCUT2D eigenvalue weighted by atomic mass is 10.4. The second kappa shape index (κ2) is 5.34. The Labute approximate surface area is 95.9 Å². The molecule has 1 rings (SSSR count). The zero-order chi connectivity index (χ0) is 12.1. The normalized spacial score (nSPS) is 10.1. The molecule has 0 spiro atoms. The molecule has 0 saturated carbocycles. The van der Waals surface area contributed by atoms with Gasteiger partial charge in [-0.1, -0.05) is 0 Å². The molecule has 1 aromatic rings. The highest BCUT2D eigenvalue weighted by atomic mass is 16.2. The van der Waals surface area contributed by atoms with Crippen LogP contribution in [0.2, 0.25) is 0 Å². The number of hydrogen-bond donors (Lipinski definition) is 2. The molecule has 0 aliphatic heterocycles. The van der Waals surface area contributed by atoms with E-state index in [9.17, 15) is 4.79 Å². The summed E-state index contributed by atoms with van der Waals surface area (Å²) < 4.78 is 0. The van der Waals surface area contributed by atoms with E-state index in [1.54, 1.807) is 6.20 Å². The van der Waals surface area contributed by atoms with Crippen LogP contribution in [0, 0.1) is 0 Å². The molecule has 0 aliphatic carbocycles. The number of carbonyl (C=O) groups is 1. The van der Waals surface area contributed by atoms with Crippen LogP contribution in [0.3, 0.4) is 0 Å². The van der Waals surface area contributed by atoms with E-state index in [2.05, 4.69) is 15.6 Å². The standard InChI is InChI=1S/C11H18N4O/c1-8(2)13-11(16)14-9-5-6-10(12-7-9)15(3)4/h5-8H,1-4H3,(H2,13,14,16). The molecule has 0 unspecified atom stereocenters. The Hall–Kier alpha value is -1.78. The maximum absolute atomic E-state index is 11.4. The lowest BCUT2D eigenvalue weighted by molar-refractivity contribution is 0.250. The summed E-state index contributed by atoms with van der Waals surface area (Å²) in [5, 5.41) is 5.45. The number of nitrogens with zero attached hydrogens (tertiary/aromatic N) is 2. The van der Waals surface area contributed by atoms with E-state index in [-0.39, 0.29) is 12.1 Å². The fourth-order valence-corrected chi connectivity index (χ4v) is 1.15. The molecule has 16 heavy (non-hydrogen) atoms. The molecule has 0 saturated heterocycles. The molecule has 88 valence electrons. The zero-order valence-corrected chi connectivity index (χ0v) is 10.1. The summed E-state index contributed by atoms with van der Waals surface area (Å²) in [6, 6.07) is 3.58. The Morgan fingerprint density at radius 3 is 2.50 bits per heavy atom. The number of amides is 2. The summed E-state index contributed by atoms with van der Waals surface area (Å²) in [4.78, 5) is 17.5. The highest BCUT2D eigenvalue weighted by Crippen LogP contribution is 2.11. The van der Waals surface area contributed by atoms with E-state index >= 15 is 0 Å². The Bertz CT molecular complexity index is 346. The quantitative estimate of drug-likeness (QED) is 0.818. The molecule has 2 amide bonds. The van der Waals surface area contributed by atoms with Crippen molar-refractivity contribution >= 4 is 17.5 Å². The second-order valence-corrected chi connectivity index (χ2v) is 4.05. The van der Waals surface area contributed by atoms with Crippen LogP contribution in [-0.2, 0) is 0 Å². The van der Waals surface area contributed by atoms with Gasteiger partial charge >= 0.3 is 6.03 Å². The molecule has 0 atom stereocenters. The van der Waals surface area contributed by atoms with Gasteiger partial charge in [0, 0.05) is 20.1 Å². The number of pyridine rings is 1. The Morgan fingerprint density at radius 2 is 2.06 bits per heavy atom. The van der Waals surface area contributed by atoms with E-state index in [1.807, 2.05) is 45.0 Å². The molecule has 0 fully saturated rings. The Balaban J connectivity index is 2.58. The summed E-state index contributed by atoms with van der Waals surface area (Å²) in [6.45, 7) is 3.82. The lowest BCUT2D eigenvalue weighted by Crippen LogP contribution is -2.34. The minimum absolute atomic E-state index is 0.119. The van der Waals surface area contributed by atoms with Gasteiger partial charge in [-0.3, -0.25) is 0 Å². The van der Waals surface area contributed by atoms with Crippen molar-refractivity contribution in [3.05, 3.63) is 18.3 Å². The van der Waals surface area contributed by atoms with Gasteiger partial charge in [0.05, 0.1) is 11.9 Å². The first-order valence-electron chi connectivity index (χ1n) is 5.20. The topological polar surface area (TPSA) is 57.3 Å². The Morgan fingerprint density at radius 1 is 1.38 bits per heavy atom. The van der Waals surface area contributed by atoms with E-state index in [0.717, 1.165) is 5.82 Å². The van der Waals surface area contributed by atoms with Gasteiger partial charge in [0.2, 0.25) is 0 Å². The fourth-order valence-electron chi connectivity index (χ4n) is 1.15. The summed E-state index contributed by atoms with van der Waals surface area (Å²) in [5.74, 6) is 0.856. The van der Waals surface area contributed by atoms with Crippen molar-refractivity contribution in [2.45, 2.75) is 19.9 Å². The molecule has 0 aliphatic rings. The van der Waals surface area contributed by atoms with Crippen LogP contribution in [0.5, 0.6) is 0 Å². The number of hydrogen-bond acceptors (Lipinski definition) is 3. The predicted molar refractivity (Wildman–Crippen MR) is 65.9 cm³/mol. The largest absolute Gasteiger partial charge is 0.363 e. The summed E-state index contributed by atoms with van der Waals surface area (Å²) in [5.41, 5.74) is 0.684. The van der Waals surface area contributed by atoms with Crippen molar-refractivity contribution < 1.29 is 4.79 Å². The number of rotatable bonds is 3. The smallest absolute Gasteiger partial charge is 0.319 e. The maximum Gasteiger partial charge on any atom is 0.319 e. The first-order chi connectivity index (χ1) is 7.49. The second-order valence-electron chi connectivity index (χ2n) is 4.05. The predicted octanol–water partition coefficient (Wildman–Crippen LogP) is 1.68. The summed E-state index contributed by atoms with van der Waals surface area (Å²) >= 11 is 0. The van der Waals surface area contributed by atoms with Crippen LogP contribution in [-0.4, -0.2) is 31.2 Å². The van der Waals surface area contributed by atoms with Gasteiger partial charge in [0.15, 0.2) is 0 Å². The summed E-state index contributed by atoms with van der Waals surface area (Å²) in [7, 11) is 3.84. The van der Waals surface area contributed by atoms with Crippen molar-refractivity contribution in [1.29, 1.82) is 0 Å². The van der Waals surface area contributed by atoms with Crippen LogP contribution in [0.4, 0.5) is 16.3 Å². The van der Waals surface area contributed by atoms with Crippen molar-refractivity contribution in [1.82, 2.24) is 10.3 Å². The molecule has 2 N–H and O–H groups in total. The van der Waals surface area contributed by atoms with Crippen molar-refractivity contribution in [3.63, 3.8) is 0 Å². The number of carbonyl (C=O) groups excluding carboxylic acids is 1. The molecular weight excluding hydrogens is 204 g/mol. The molecular formula is C11H18N4O. The van der Waals surface area contributed by atoms with Crippen LogP contribution >= 0.6 is 0 Å². The number of nitrogens with one attached hydrogen (secondary N) is 2. The molecule has 0 aromatic carbocycles. The van der Waals surface area contributed by atoms with Gasteiger partial charge in [0.1, 0.15) is 5.82 Å². The minimum atomic E-state index is -0.214. The molecule has 5 heteroatoms. The van der Waals surface area contributed by atoms with Crippen LogP contribution in [0.1, 0.15) is 13.8 Å². The van der Waals surface area contributed by atoms with Crippen molar-refractivity contribution in [2.24, 2.45) is 0 Å². The van der Waals surface area contributed by atoms with E-state index in [0.29, 0.717) is 5.69 Å². The molecule has 1 aromatic heterocycles. The van der Waals surface area contributed by atoms with Crippen molar-refractivity contribution in [2.75, 3.05) is 24.3 Å². The zero-order valence-electron chi connectivity index (χ0n) is 10.1. The molecule has 0 bridgehead atoms. The van der Waals surface area contributed by atoms with Crippen molar-refractivity contribution in [3.8, 4) is 0 Å².